The van der Waals surface area contributed by atoms with Crippen LogP contribution in [0.1, 0.15) is 12.5 Å². The number of alkyl halides is 5. The smallest absolute Gasteiger partial charge is 0.354 e. The summed E-state index contributed by atoms with van der Waals surface area (Å²) in [5.74, 6) is -9.38. The Labute approximate surface area is 214 Å². The lowest BCUT2D eigenvalue weighted by molar-refractivity contribution is -0.137. The van der Waals surface area contributed by atoms with Gasteiger partial charge in [0.15, 0.2) is 11.4 Å². The van der Waals surface area contributed by atoms with Crippen molar-refractivity contribution in [2.45, 2.75) is 31.1 Å². The van der Waals surface area contributed by atoms with Gasteiger partial charge in [0.1, 0.15) is 29.5 Å². The molecule has 5 rings (SSSR count). The van der Waals surface area contributed by atoms with Crippen LogP contribution in [-0.2, 0) is 16.2 Å². The van der Waals surface area contributed by atoms with Crippen LogP contribution in [-0.4, -0.2) is 61.4 Å². The fourth-order valence-electron chi connectivity index (χ4n) is 4.72. The van der Waals surface area contributed by atoms with Gasteiger partial charge in [0.2, 0.25) is 10.0 Å². The number of sulfonamides is 1. The van der Waals surface area contributed by atoms with Crippen LogP contribution in [0.15, 0.2) is 28.8 Å². The molecule has 0 aliphatic carbocycles. The van der Waals surface area contributed by atoms with Gasteiger partial charge >= 0.3 is 12.2 Å². The lowest BCUT2D eigenvalue weighted by Gasteiger charge is -2.23. The molecule has 39 heavy (non-hydrogen) atoms. The number of fused-ring (bicyclic) bond motifs is 2. The van der Waals surface area contributed by atoms with E-state index in [2.05, 4.69) is 5.16 Å². The van der Waals surface area contributed by atoms with Crippen molar-refractivity contribution in [3.63, 3.8) is 0 Å². The molecule has 0 unspecified atom stereocenters. The summed E-state index contributed by atoms with van der Waals surface area (Å²) in [6.07, 6.45) is -5.03. The van der Waals surface area contributed by atoms with Crippen molar-refractivity contribution >= 4 is 32.8 Å². The molecule has 2 fully saturated rings. The maximum Gasteiger partial charge on any atom is 0.416 e. The number of carbonyl (C=O) groups is 1. The predicted octanol–water partition coefficient (Wildman–Crippen LogP) is 4.50. The molecule has 1 aromatic heterocycles. The fourth-order valence-corrected chi connectivity index (χ4v) is 5.55. The van der Waals surface area contributed by atoms with Crippen LogP contribution in [0.25, 0.3) is 22.1 Å². The second-order valence-electron chi connectivity index (χ2n) is 8.96. The second kappa shape index (κ2) is 8.77. The van der Waals surface area contributed by atoms with E-state index in [9.17, 15) is 39.6 Å². The number of nitrogens with zero attached hydrogens (tertiary/aromatic N) is 3. The van der Waals surface area contributed by atoms with Crippen molar-refractivity contribution in [3.05, 3.63) is 47.3 Å². The van der Waals surface area contributed by atoms with Crippen LogP contribution in [0, 0.1) is 17.5 Å². The SMILES string of the molecule is CCS(=O)(=O)N[C@@H]1CN2C(=O)N(c3noc4cc(C(F)(F)F)cc(-c5c(F)cc(F)cc5F)c34)C[C@@H]2C1(F)F. The maximum atomic E-state index is 15.2. The third-order valence-electron chi connectivity index (χ3n) is 6.61. The highest BCUT2D eigenvalue weighted by molar-refractivity contribution is 7.89. The summed E-state index contributed by atoms with van der Waals surface area (Å²) in [5.41, 5.74) is -4.00. The van der Waals surface area contributed by atoms with E-state index in [1.807, 2.05) is 4.72 Å². The molecule has 3 heterocycles. The van der Waals surface area contributed by atoms with Gasteiger partial charge in [0.25, 0.3) is 5.92 Å². The summed E-state index contributed by atoms with van der Waals surface area (Å²) >= 11 is 0. The van der Waals surface area contributed by atoms with E-state index in [4.69, 9.17) is 4.52 Å². The first-order valence-electron chi connectivity index (χ1n) is 11.2. The number of halogens is 8. The number of hydrogen-bond acceptors (Lipinski definition) is 5. The van der Waals surface area contributed by atoms with Gasteiger partial charge in [-0.25, -0.2) is 39.9 Å². The van der Waals surface area contributed by atoms with E-state index in [0.717, 1.165) is 0 Å². The first-order valence-corrected chi connectivity index (χ1v) is 12.8. The van der Waals surface area contributed by atoms with Crippen LogP contribution in [0.2, 0.25) is 0 Å². The van der Waals surface area contributed by atoms with Crippen LogP contribution < -0.4 is 9.62 Å². The zero-order valence-electron chi connectivity index (χ0n) is 19.5. The largest absolute Gasteiger partial charge is 0.416 e. The van der Waals surface area contributed by atoms with Crippen molar-refractivity contribution in [2.75, 3.05) is 23.7 Å². The Hall–Kier alpha value is -3.47. The molecule has 0 saturated carbocycles. The van der Waals surface area contributed by atoms with Gasteiger partial charge < -0.3 is 9.42 Å². The zero-order chi connectivity index (χ0) is 28.7. The summed E-state index contributed by atoms with van der Waals surface area (Å²) in [6.45, 7) is -0.325. The molecule has 2 aliphatic heterocycles. The quantitative estimate of drug-likeness (QED) is 0.446. The number of nitrogens with one attached hydrogen (secondary N) is 1. The lowest BCUT2D eigenvalue weighted by Crippen LogP contribution is -2.51. The molecule has 1 N–H and O–H groups in total. The fraction of sp³-hybridized carbons (Fsp3) is 0.364. The third-order valence-corrected chi connectivity index (χ3v) is 8.02. The summed E-state index contributed by atoms with van der Waals surface area (Å²) in [5, 5.41) is 3.02. The highest BCUT2D eigenvalue weighted by Gasteiger charge is 2.63. The summed E-state index contributed by atoms with van der Waals surface area (Å²) in [7, 11) is -4.07. The van der Waals surface area contributed by atoms with Gasteiger partial charge in [-0.3, -0.25) is 4.90 Å². The first-order chi connectivity index (χ1) is 18.0. The molecule has 2 saturated heterocycles. The van der Waals surface area contributed by atoms with E-state index in [-0.39, 0.29) is 12.1 Å². The van der Waals surface area contributed by atoms with Crippen LogP contribution in [0.3, 0.4) is 0 Å². The Kier molecular flexibility index (Phi) is 6.10. The number of carbonyl (C=O) groups excluding carboxylic acids is 1. The monoisotopic (exact) mass is 584 g/mol. The molecule has 2 atom stereocenters. The highest BCUT2D eigenvalue weighted by atomic mass is 32.2. The summed E-state index contributed by atoms with van der Waals surface area (Å²) in [4.78, 5) is 14.4. The predicted molar refractivity (Wildman–Crippen MR) is 119 cm³/mol. The second-order valence-corrected chi connectivity index (χ2v) is 11.0. The number of rotatable bonds is 5. The van der Waals surface area contributed by atoms with E-state index < -0.39 is 110 Å². The Morgan fingerprint density at radius 1 is 1.10 bits per heavy atom. The first kappa shape index (κ1) is 27.1. The molecule has 17 heteroatoms. The van der Waals surface area contributed by atoms with E-state index in [0.29, 0.717) is 21.9 Å². The van der Waals surface area contributed by atoms with Gasteiger partial charge in [-0.05, 0) is 19.1 Å². The summed E-state index contributed by atoms with van der Waals surface area (Å²) < 4.78 is 144. The number of amides is 2. The molecule has 0 bridgehead atoms. The molecule has 0 spiro atoms. The molecule has 210 valence electrons. The molecule has 3 aromatic rings. The van der Waals surface area contributed by atoms with Crippen molar-refractivity contribution in [2.24, 2.45) is 0 Å². The minimum atomic E-state index is -5.03. The van der Waals surface area contributed by atoms with Crippen molar-refractivity contribution in [1.82, 2.24) is 14.8 Å². The third kappa shape index (κ3) is 4.36. The average Bonchev–Trinajstić information content (AvgIpc) is 3.45. The van der Waals surface area contributed by atoms with Gasteiger partial charge in [0, 0.05) is 24.2 Å². The number of aromatic nitrogens is 1. The Morgan fingerprint density at radius 2 is 1.74 bits per heavy atom. The van der Waals surface area contributed by atoms with Gasteiger partial charge in [0.05, 0.1) is 28.8 Å². The molecule has 8 nitrogen and oxygen atoms in total. The molecule has 2 amide bonds. The lowest BCUT2D eigenvalue weighted by atomic mass is 9.97. The molecular formula is C22H16F8N4O4S. The standard InChI is InChI=1S/C22H16F8N4O4S/c1-2-39(36,37)32-15-7-33-16(21(15,26)27)8-34(20(33)35)19-18-11(17-12(24)5-10(23)6-13(17)25)3-9(22(28,29)30)4-14(18)38-31-19/h3-6,15-16,32H,2,7-8H2,1H3/t15-,16-/m1/s1. The Bertz CT molecular complexity index is 1580. The number of hydrogen-bond donors (Lipinski definition) is 1. The minimum absolute atomic E-state index is 0.229. The van der Waals surface area contributed by atoms with Crippen LogP contribution in [0.4, 0.5) is 45.7 Å². The van der Waals surface area contributed by atoms with E-state index >= 15 is 8.78 Å². The topological polar surface area (TPSA) is 95.8 Å². The number of anilines is 1. The van der Waals surface area contributed by atoms with Gasteiger partial charge in [-0.1, -0.05) is 5.16 Å². The maximum absolute atomic E-state index is 15.2. The normalized spacial score (nSPS) is 21.3. The average molecular weight is 584 g/mol. The van der Waals surface area contributed by atoms with E-state index in [1.54, 1.807) is 0 Å². The van der Waals surface area contributed by atoms with Gasteiger partial charge in [-0.15, -0.1) is 0 Å². The number of benzene rings is 2. The van der Waals surface area contributed by atoms with Crippen molar-refractivity contribution < 1.29 is 52.9 Å². The highest BCUT2D eigenvalue weighted by Crippen LogP contribution is 2.46. The molecular weight excluding hydrogens is 568 g/mol. The Balaban J connectivity index is 1.63. The van der Waals surface area contributed by atoms with Crippen molar-refractivity contribution in [3.8, 4) is 11.1 Å². The molecule has 0 radical (unpaired) electrons. The zero-order valence-corrected chi connectivity index (χ0v) is 20.3. The van der Waals surface area contributed by atoms with Crippen LogP contribution in [0.5, 0.6) is 0 Å². The van der Waals surface area contributed by atoms with Crippen molar-refractivity contribution in [1.29, 1.82) is 0 Å². The van der Waals surface area contributed by atoms with Gasteiger partial charge in [-0.2, -0.15) is 13.2 Å². The van der Waals surface area contributed by atoms with Crippen LogP contribution >= 0.6 is 0 Å². The molecule has 2 aliphatic rings. The Morgan fingerprint density at radius 3 is 2.31 bits per heavy atom. The summed E-state index contributed by atoms with van der Waals surface area (Å²) in [6, 6.07) is -3.70. The minimum Gasteiger partial charge on any atom is -0.354 e. The number of urea groups is 1. The molecule has 2 aromatic carbocycles. The van der Waals surface area contributed by atoms with E-state index in [1.165, 1.54) is 6.92 Å².